The van der Waals surface area contributed by atoms with Gasteiger partial charge < -0.3 is 9.47 Å². The number of carbonyl (C=O) groups is 1. The smallest absolute Gasteiger partial charge is 0.186 e. The Kier molecular flexibility index (Phi) is 4.89. The van der Waals surface area contributed by atoms with Crippen molar-refractivity contribution in [3.63, 3.8) is 0 Å². The highest BCUT2D eigenvalue weighted by Crippen LogP contribution is 2.43. The molecule has 1 N–H and O–H groups in total. The topological polar surface area (TPSA) is 64.2 Å². The van der Waals surface area contributed by atoms with Crippen molar-refractivity contribution < 1.29 is 14.3 Å². The number of H-pyrrole nitrogens is 1. The molecule has 0 saturated heterocycles. The molecule has 5 heteroatoms. The van der Waals surface area contributed by atoms with Crippen LogP contribution in [0.25, 0.3) is 6.08 Å². The lowest BCUT2D eigenvalue weighted by Crippen LogP contribution is -2.31. The Morgan fingerprint density at radius 1 is 0.968 bits per heavy atom. The number of Topliss-reactive ketones (excluding diaryl/α,β-unsaturated/α-hetero) is 1. The number of fused-ring (bicyclic) bond motifs is 1. The number of hydrogen-bond acceptors (Lipinski definition) is 4. The number of hydrogen-bond donors (Lipinski definition) is 1. The van der Waals surface area contributed by atoms with Crippen molar-refractivity contribution in [3.05, 3.63) is 82.7 Å². The molecule has 2 aliphatic rings. The Morgan fingerprint density at radius 2 is 1.55 bits per heavy atom. The van der Waals surface area contributed by atoms with E-state index in [2.05, 4.69) is 46.6 Å². The molecule has 1 heterocycles. The maximum atomic E-state index is 12.9. The van der Waals surface area contributed by atoms with Crippen LogP contribution in [0, 0.1) is 5.92 Å². The second-order valence-electron chi connectivity index (χ2n) is 8.39. The Labute approximate surface area is 182 Å². The van der Waals surface area contributed by atoms with Gasteiger partial charge in [-0.3, -0.25) is 9.89 Å². The molecule has 158 valence electrons. The van der Waals surface area contributed by atoms with E-state index in [0.717, 1.165) is 53.1 Å². The predicted molar refractivity (Wildman–Crippen MR) is 120 cm³/mol. The largest absolute Gasteiger partial charge is 0.497 e. The summed E-state index contributed by atoms with van der Waals surface area (Å²) < 4.78 is 10.7. The third kappa shape index (κ3) is 3.25. The van der Waals surface area contributed by atoms with Crippen LogP contribution in [0.2, 0.25) is 0 Å². The first-order valence-electron chi connectivity index (χ1n) is 10.7. The molecule has 0 unspecified atom stereocenters. The summed E-state index contributed by atoms with van der Waals surface area (Å²) >= 11 is 0. The van der Waals surface area contributed by atoms with Crippen molar-refractivity contribution in [2.45, 2.75) is 31.1 Å². The SMILES string of the molecule is COc1ccc(C2(c3ccc(OC)cc3)C=Cc3c(C(=O)C4CCC4)n[nH]c3C2)cc1. The molecule has 0 aliphatic heterocycles. The maximum Gasteiger partial charge on any atom is 0.186 e. The Morgan fingerprint density at radius 3 is 2.03 bits per heavy atom. The van der Waals surface area contributed by atoms with Gasteiger partial charge in [0.15, 0.2) is 5.78 Å². The number of benzene rings is 2. The highest BCUT2D eigenvalue weighted by atomic mass is 16.5. The van der Waals surface area contributed by atoms with Crippen LogP contribution in [0.15, 0.2) is 54.6 Å². The molecular weight excluding hydrogens is 388 g/mol. The fourth-order valence-electron chi connectivity index (χ4n) is 4.66. The molecule has 31 heavy (non-hydrogen) atoms. The summed E-state index contributed by atoms with van der Waals surface area (Å²) in [7, 11) is 3.35. The van der Waals surface area contributed by atoms with E-state index in [1.54, 1.807) is 14.2 Å². The van der Waals surface area contributed by atoms with E-state index in [-0.39, 0.29) is 17.1 Å². The standard InChI is InChI=1S/C26H26N2O3/c1-30-20-10-6-18(7-11-20)26(19-8-12-21(31-2)13-9-19)15-14-22-23(16-26)27-28-24(22)25(29)17-4-3-5-17/h6-15,17H,3-5,16H2,1-2H3,(H,27,28). The first-order valence-corrected chi connectivity index (χ1v) is 10.7. The molecular formula is C26H26N2O3. The maximum absolute atomic E-state index is 12.9. The highest BCUT2D eigenvalue weighted by Gasteiger charge is 2.38. The predicted octanol–water partition coefficient (Wildman–Crippen LogP) is 4.97. The van der Waals surface area contributed by atoms with Crippen LogP contribution in [0.1, 0.15) is 52.1 Å². The van der Waals surface area contributed by atoms with E-state index >= 15 is 0 Å². The second kappa shape index (κ2) is 7.73. The van der Waals surface area contributed by atoms with Crippen LogP contribution in [-0.4, -0.2) is 30.2 Å². The third-order valence-electron chi connectivity index (χ3n) is 6.79. The van der Waals surface area contributed by atoms with Gasteiger partial charge in [0.25, 0.3) is 0 Å². The lowest BCUT2D eigenvalue weighted by atomic mass is 9.68. The number of nitrogens with one attached hydrogen (secondary N) is 1. The average molecular weight is 415 g/mol. The van der Waals surface area contributed by atoms with Crippen molar-refractivity contribution in [1.29, 1.82) is 0 Å². The number of nitrogens with zero attached hydrogens (tertiary/aromatic N) is 1. The van der Waals surface area contributed by atoms with Gasteiger partial charge in [-0.25, -0.2) is 0 Å². The number of ketones is 1. The van der Waals surface area contributed by atoms with Gasteiger partial charge in [0.1, 0.15) is 17.2 Å². The van der Waals surface area contributed by atoms with Crippen LogP contribution in [0.5, 0.6) is 11.5 Å². The summed E-state index contributed by atoms with van der Waals surface area (Å²) in [4.78, 5) is 12.9. The molecule has 0 radical (unpaired) electrons. The fraction of sp³-hybridized carbons (Fsp3) is 0.308. The van der Waals surface area contributed by atoms with E-state index in [9.17, 15) is 4.79 Å². The lowest BCUT2D eigenvalue weighted by Gasteiger charge is -2.34. The molecule has 0 bridgehead atoms. The van der Waals surface area contributed by atoms with Gasteiger partial charge in [0, 0.05) is 29.0 Å². The number of allylic oxidation sites excluding steroid dienone is 1. The lowest BCUT2D eigenvalue weighted by molar-refractivity contribution is 0.0849. The molecule has 1 fully saturated rings. The van der Waals surface area contributed by atoms with Crippen molar-refractivity contribution in [2.75, 3.05) is 14.2 Å². The van der Waals surface area contributed by atoms with Gasteiger partial charge in [0.05, 0.1) is 14.2 Å². The zero-order chi connectivity index (χ0) is 21.4. The third-order valence-corrected chi connectivity index (χ3v) is 6.79. The van der Waals surface area contributed by atoms with Crippen molar-refractivity contribution in [2.24, 2.45) is 5.92 Å². The first kappa shape index (κ1) is 19.6. The number of ether oxygens (including phenoxy) is 2. The van der Waals surface area contributed by atoms with Gasteiger partial charge in [-0.05, 0) is 48.2 Å². The molecule has 1 aromatic heterocycles. The van der Waals surface area contributed by atoms with Gasteiger partial charge in [-0.1, -0.05) is 42.8 Å². The number of aromatic amines is 1. The summed E-state index contributed by atoms with van der Waals surface area (Å²) in [5, 5.41) is 7.62. The minimum atomic E-state index is -0.380. The molecule has 1 saturated carbocycles. The van der Waals surface area contributed by atoms with Crippen LogP contribution < -0.4 is 9.47 Å². The number of methoxy groups -OCH3 is 2. The quantitative estimate of drug-likeness (QED) is 0.579. The second-order valence-corrected chi connectivity index (χ2v) is 8.39. The van der Waals surface area contributed by atoms with E-state index in [4.69, 9.17) is 9.47 Å². The summed E-state index contributed by atoms with van der Waals surface area (Å²) in [6.07, 6.45) is 8.08. The summed E-state index contributed by atoms with van der Waals surface area (Å²) in [6.45, 7) is 0. The van der Waals surface area contributed by atoms with E-state index in [1.165, 1.54) is 0 Å². The van der Waals surface area contributed by atoms with E-state index in [1.807, 2.05) is 24.3 Å². The Balaban J connectivity index is 1.58. The van der Waals surface area contributed by atoms with Crippen LogP contribution in [0.4, 0.5) is 0 Å². The van der Waals surface area contributed by atoms with Gasteiger partial charge >= 0.3 is 0 Å². The van der Waals surface area contributed by atoms with Crippen LogP contribution >= 0.6 is 0 Å². The van der Waals surface area contributed by atoms with Crippen LogP contribution in [-0.2, 0) is 11.8 Å². The summed E-state index contributed by atoms with van der Waals surface area (Å²) in [5.74, 6) is 1.96. The summed E-state index contributed by atoms with van der Waals surface area (Å²) in [6, 6.07) is 16.4. The minimum absolute atomic E-state index is 0.135. The molecule has 0 atom stereocenters. The zero-order valence-corrected chi connectivity index (χ0v) is 17.9. The highest BCUT2D eigenvalue weighted by molar-refractivity contribution is 6.00. The molecule has 0 spiro atoms. The van der Waals surface area contributed by atoms with Gasteiger partial charge in [0.2, 0.25) is 0 Å². The molecule has 2 aromatic carbocycles. The Hall–Kier alpha value is -3.34. The summed E-state index contributed by atoms with van der Waals surface area (Å²) in [5.41, 5.74) is 4.46. The fourth-order valence-corrected chi connectivity index (χ4v) is 4.66. The van der Waals surface area contributed by atoms with Gasteiger partial charge in [-0.15, -0.1) is 0 Å². The molecule has 5 nitrogen and oxygen atoms in total. The number of aromatic nitrogens is 2. The molecule has 2 aliphatic carbocycles. The average Bonchev–Trinajstić information content (AvgIpc) is 3.21. The van der Waals surface area contributed by atoms with Crippen molar-refractivity contribution in [1.82, 2.24) is 10.2 Å². The van der Waals surface area contributed by atoms with Crippen LogP contribution in [0.3, 0.4) is 0 Å². The van der Waals surface area contributed by atoms with E-state index < -0.39 is 0 Å². The van der Waals surface area contributed by atoms with Gasteiger partial charge in [-0.2, -0.15) is 5.10 Å². The van der Waals surface area contributed by atoms with Crippen molar-refractivity contribution >= 4 is 11.9 Å². The minimum Gasteiger partial charge on any atom is -0.497 e. The molecule has 5 rings (SSSR count). The Bertz CT molecular complexity index is 1070. The number of carbonyl (C=O) groups excluding carboxylic acids is 1. The normalized spacial score (nSPS) is 17.0. The molecule has 3 aromatic rings. The van der Waals surface area contributed by atoms with E-state index in [0.29, 0.717) is 12.1 Å². The number of rotatable bonds is 6. The van der Waals surface area contributed by atoms with Crippen molar-refractivity contribution in [3.8, 4) is 11.5 Å². The zero-order valence-electron chi connectivity index (χ0n) is 17.9. The monoisotopic (exact) mass is 414 g/mol. The first-order chi connectivity index (χ1) is 15.1. The molecule has 0 amide bonds.